The monoisotopic (exact) mass is 366 g/mol. The zero-order chi connectivity index (χ0) is 19.0. The molecule has 2 aromatic rings. The highest BCUT2D eigenvalue weighted by molar-refractivity contribution is 5.96. The number of benzene rings is 2. The summed E-state index contributed by atoms with van der Waals surface area (Å²) in [7, 11) is 0. The van der Waals surface area contributed by atoms with Crippen molar-refractivity contribution in [2.45, 2.75) is 45.2 Å². The number of nitrogens with zero attached hydrogens (tertiary/aromatic N) is 2. The van der Waals surface area contributed by atoms with Crippen LogP contribution in [0.4, 0.5) is 4.39 Å². The first-order valence-electron chi connectivity index (χ1n) is 9.91. The summed E-state index contributed by atoms with van der Waals surface area (Å²) in [6, 6.07) is 14.0. The fourth-order valence-electron chi connectivity index (χ4n) is 4.06. The number of rotatable bonds is 4. The van der Waals surface area contributed by atoms with Gasteiger partial charge in [0.2, 0.25) is 0 Å². The van der Waals surface area contributed by atoms with E-state index in [0.29, 0.717) is 12.0 Å². The van der Waals surface area contributed by atoms with E-state index in [4.69, 9.17) is 0 Å². The lowest BCUT2D eigenvalue weighted by molar-refractivity contribution is 0.0473. The van der Waals surface area contributed by atoms with Crippen molar-refractivity contribution in [3.63, 3.8) is 0 Å². The van der Waals surface area contributed by atoms with Crippen molar-refractivity contribution >= 4 is 5.91 Å². The molecule has 0 N–H and O–H groups in total. The van der Waals surface area contributed by atoms with E-state index in [1.807, 2.05) is 35.2 Å². The predicted molar refractivity (Wildman–Crippen MR) is 105 cm³/mol. The molecule has 27 heavy (non-hydrogen) atoms. The summed E-state index contributed by atoms with van der Waals surface area (Å²) in [5.41, 5.74) is 3.24. The van der Waals surface area contributed by atoms with Crippen molar-refractivity contribution in [1.82, 2.24) is 9.80 Å². The van der Waals surface area contributed by atoms with Crippen molar-refractivity contribution in [1.29, 1.82) is 0 Å². The van der Waals surface area contributed by atoms with Gasteiger partial charge in [-0.1, -0.05) is 30.3 Å². The van der Waals surface area contributed by atoms with Gasteiger partial charge in [-0.2, -0.15) is 0 Å². The highest BCUT2D eigenvalue weighted by Gasteiger charge is 2.35. The van der Waals surface area contributed by atoms with Crippen LogP contribution < -0.4 is 0 Å². The number of amides is 1. The van der Waals surface area contributed by atoms with Crippen LogP contribution in [0.5, 0.6) is 0 Å². The van der Waals surface area contributed by atoms with Crippen LogP contribution in [0.3, 0.4) is 0 Å². The standard InChI is InChI=1S/C23H27FN2O/c1-16-7-8-18(14-22(16)24)13-19-5-3-4-6-21(19)23(27)26-12-11-25(15-17(26)2)20-9-10-20/h3-8,14,17,20H,9-13,15H2,1-2H3. The second kappa shape index (κ2) is 7.43. The molecule has 1 unspecified atom stereocenters. The van der Waals surface area contributed by atoms with Gasteiger partial charge in [0.25, 0.3) is 5.91 Å². The van der Waals surface area contributed by atoms with Crippen LogP contribution in [0, 0.1) is 12.7 Å². The van der Waals surface area contributed by atoms with E-state index in [-0.39, 0.29) is 17.8 Å². The molecule has 0 spiro atoms. The molecule has 1 saturated carbocycles. The second-order valence-electron chi connectivity index (χ2n) is 7.99. The predicted octanol–water partition coefficient (Wildman–Crippen LogP) is 4.03. The van der Waals surface area contributed by atoms with Gasteiger partial charge < -0.3 is 4.90 Å². The average Bonchev–Trinajstić information content (AvgIpc) is 3.50. The van der Waals surface area contributed by atoms with Crippen LogP contribution >= 0.6 is 0 Å². The van der Waals surface area contributed by atoms with Gasteiger partial charge in [0.15, 0.2) is 0 Å². The van der Waals surface area contributed by atoms with E-state index in [1.54, 1.807) is 19.1 Å². The van der Waals surface area contributed by atoms with Crippen molar-refractivity contribution in [2.75, 3.05) is 19.6 Å². The Balaban J connectivity index is 1.53. The summed E-state index contributed by atoms with van der Waals surface area (Å²) in [6.45, 7) is 6.61. The first-order chi connectivity index (χ1) is 13.0. The lowest BCUT2D eigenvalue weighted by atomic mass is 9.97. The molecule has 1 aliphatic heterocycles. The van der Waals surface area contributed by atoms with Gasteiger partial charge in [0.05, 0.1) is 0 Å². The number of hydrogen-bond acceptors (Lipinski definition) is 2. The molecule has 1 saturated heterocycles. The van der Waals surface area contributed by atoms with Gasteiger partial charge in [-0.15, -0.1) is 0 Å². The minimum atomic E-state index is -0.193. The number of carbonyl (C=O) groups is 1. The Morgan fingerprint density at radius 2 is 1.93 bits per heavy atom. The lowest BCUT2D eigenvalue weighted by Crippen LogP contribution is -2.54. The van der Waals surface area contributed by atoms with Crippen molar-refractivity contribution < 1.29 is 9.18 Å². The number of piperazine rings is 1. The quantitative estimate of drug-likeness (QED) is 0.816. The molecule has 1 amide bonds. The van der Waals surface area contributed by atoms with Gasteiger partial charge in [0, 0.05) is 37.3 Å². The third-order valence-electron chi connectivity index (χ3n) is 5.86. The normalized spacial score (nSPS) is 20.7. The van der Waals surface area contributed by atoms with Crippen LogP contribution in [0.2, 0.25) is 0 Å². The number of hydrogen-bond donors (Lipinski definition) is 0. The highest BCUT2D eigenvalue weighted by atomic mass is 19.1. The molecule has 142 valence electrons. The van der Waals surface area contributed by atoms with Crippen molar-refractivity contribution in [3.8, 4) is 0 Å². The van der Waals surface area contributed by atoms with Crippen molar-refractivity contribution in [2.24, 2.45) is 0 Å². The molecule has 0 bridgehead atoms. The molecule has 1 aliphatic carbocycles. The van der Waals surface area contributed by atoms with Gasteiger partial charge in [-0.25, -0.2) is 4.39 Å². The van der Waals surface area contributed by atoms with E-state index < -0.39 is 0 Å². The topological polar surface area (TPSA) is 23.6 Å². The third-order valence-corrected chi connectivity index (χ3v) is 5.86. The summed E-state index contributed by atoms with van der Waals surface area (Å²) in [5, 5.41) is 0. The number of halogens is 1. The van der Waals surface area contributed by atoms with Gasteiger partial charge >= 0.3 is 0 Å². The zero-order valence-corrected chi connectivity index (χ0v) is 16.1. The molecule has 2 fully saturated rings. The molecule has 1 atom stereocenters. The maximum atomic E-state index is 13.9. The first kappa shape index (κ1) is 18.2. The summed E-state index contributed by atoms with van der Waals surface area (Å²) >= 11 is 0. The third kappa shape index (κ3) is 3.91. The molecular weight excluding hydrogens is 339 g/mol. The Bertz CT molecular complexity index is 846. The summed E-state index contributed by atoms with van der Waals surface area (Å²) < 4.78 is 13.9. The molecule has 2 aliphatic rings. The van der Waals surface area contributed by atoms with Crippen LogP contribution in [0.25, 0.3) is 0 Å². The molecule has 0 aromatic heterocycles. The molecule has 1 heterocycles. The van der Waals surface area contributed by atoms with Crippen LogP contribution in [0.1, 0.15) is 46.8 Å². The number of aryl methyl sites for hydroxylation is 1. The van der Waals surface area contributed by atoms with Crippen LogP contribution in [0.15, 0.2) is 42.5 Å². The first-order valence-corrected chi connectivity index (χ1v) is 9.91. The van der Waals surface area contributed by atoms with Crippen molar-refractivity contribution in [3.05, 3.63) is 70.5 Å². The minimum Gasteiger partial charge on any atom is -0.333 e. The molecular formula is C23H27FN2O. The fraction of sp³-hybridized carbons (Fsp3) is 0.435. The van der Waals surface area contributed by atoms with Gasteiger partial charge in [-0.05, 0) is 61.9 Å². The van der Waals surface area contributed by atoms with Gasteiger partial charge in [-0.3, -0.25) is 9.69 Å². The summed E-state index contributed by atoms with van der Waals surface area (Å²) in [6.07, 6.45) is 3.17. The zero-order valence-electron chi connectivity index (χ0n) is 16.1. The molecule has 4 rings (SSSR count). The Morgan fingerprint density at radius 1 is 1.15 bits per heavy atom. The largest absolute Gasteiger partial charge is 0.333 e. The Labute approximate surface area is 160 Å². The van der Waals surface area contributed by atoms with E-state index in [9.17, 15) is 9.18 Å². The van der Waals surface area contributed by atoms with Crippen LogP contribution in [-0.4, -0.2) is 47.4 Å². The molecule has 2 aromatic carbocycles. The highest BCUT2D eigenvalue weighted by Crippen LogP contribution is 2.29. The van der Waals surface area contributed by atoms with Crippen LogP contribution in [-0.2, 0) is 6.42 Å². The molecule has 0 radical (unpaired) electrons. The molecule has 3 nitrogen and oxygen atoms in total. The van der Waals surface area contributed by atoms with E-state index in [2.05, 4.69) is 11.8 Å². The van der Waals surface area contributed by atoms with E-state index >= 15 is 0 Å². The van der Waals surface area contributed by atoms with Gasteiger partial charge in [0.1, 0.15) is 5.82 Å². The Hall–Kier alpha value is -2.20. The summed E-state index contributed by atoms with van der Waals surface area (Å²) in [5.74, 6) is -0.0951. The Kier molecular flexibility index (Phi) is 5.00. The van der Waals surface area contributed by atoms with E-state index in [0.717, 1.165) is 42.4 Å². The maximum Gasteiger partial charge on any atom is 0.254 e. The fourth-order valence-corrected chi connectivity index (χ4v) is 4.06. The Morgan fingerprint density at radius 3 is 2.63 bits per heavy atom. The smallest absolute Gasteiger partial charge is 0.254 e. The molecule has 4 heteroatoms. The SMILES string of the molecule is Cc1ccc(Cc2ccccc2C(=O)N2CCN(C3CC3)CC2C)cc1F. The van der Waals surface area contributed by atoms with E-state index in [1.165, 1.54) is 12.8 Å². The minimum absolute atomic E-state index is 0.0983. The maximum absolute atomic E-state index is 13.9. The second-order valence-corrected chi connectivity index (χ2v) is 7.99. The number of carbonyl (C=O) groups excluding carboxylic acids is 1. The average molecular weight is 366 g/mol. The lowest BCUT2D eigenvalue weighted by Gasteiger charge is -2.40. The summed E-state index contributed by atoms with van der Waals surface area (Å²) in [4.78, 5) is 17.8.